The highest BCUT2D eigenvalue weighted by Gasteiger charge is 2.06. The van der Waals surface area contributed by atoms with Gasteiger partial charge in [0.1, 0.15) is 17.7 Å². The van der Waals surface area contributed by atoms with E-state index in [9.17, 15) is 0 Å². The van der Waals surface area contributed by atoms with Crippen molar-refractivity contribution in [3.05, 3.63) is 36.6 Å². The number of methoxy groups -OCH3 is 1. The van der Waals surface area contributed by atoms with E-state index >= 15 is 0 Å². The van der Waals surface area contributed by atoms with Crippen LogP contribution in [0.2, 0.25) is 0 Å². The van der Waals surface area contributed by atoms with Crippen molar-refractivity contribution in [3.63, 3.8) is 0 Å². The summed E-state index contributed by atoms with van der Waals surface area (Å²) in [5, 5.41) is 3.78. The third-order valence-corrected chi connectivity index (χ3v) is 1.75. The molecule has 0 fully saturated rings. The number of nitrogens with zero attached hydrogens (tertiary/aromatic N) is 1. The van der Waals surface area contributed by atoms with Crippen LogP contribution < -0.4 is 4.74 Å². The van der Waals surface area contributed by atoms with E-state index in [1.54, 1.807) is 7.11 Å². The molecular weight excluding hydrogens is 166 g/mol. The van der Waals surface area contributed by atoms with E-state index in [0.29, 0.717) is 5.69 Å². The maximum Gasteiger partial charge on any atom is 0.132 e. The molecule has 1 radical (unpaired) electrons. The van der Waals surface area contributed by atoms with Gasteiger partial charge in [0.2, 0.25) is 0 Å². The van der Waals surface area contributed by atoms with E-state index in [1.807, 2.05) is 24.3 Å². The van der Waals surface area contributed by atoms with Crippen LogP contribution in [-0.4, -0.2) is 12.3 Å². The van der Waals surface area contributed by atoms with Gasteiger partial charge >= 0.3 is 0 Å². The minimum atomic E-state index is 0.664. The number of rotatable bonds is 2. The van der Waals surface area contributed by atoms with Crippen LogP contribution in [0.3, 0.4) is 0 Å². The molecule has 0 unspecified atom stereocenters. The molecule has 0 spiro atoms. The molecule has 0 bridgehead atoms. The summed E-state index contributed by atoms with van der Waals surface area (Å²) in [6, 6.07) is 10.5. The lowest BCUT2D eigenvalue weighted by atomic mass is 10.1. The van der Waals surface area contributed by atoms with Crippen molar-refractivity contribution in [2.75, 3.05) is 7.11 Å². The molecule has 2 aromatic rings. The molecule has 0 N–H and O–H groups in total. The summed E-state index contributed by atoms with van der Waals surface area (Å²) < 4.78 is 9.87. The van der Waals surface area contributed by atoms with Gasteiger partial charge in [0.25, 0.3) is 0 Å². The Bertz CT molecular complexity index is 382. The van der Waals surface area contributed by atoms with Crippen LogP contribution in [0.25, 0.3) is 11.3 Å². The van der Waals surface area contributed by atoms with Crippen molar-refractivity contribution in [2.45, 2.75) is 0 Å². The first-order valence-electron chi connectivity index (χ1n) is 3.87. The zero-order valence-corrected chi connectivity index (χ0v) is 7.15. The zero-order valence-electron chi connectivity index (χ0n) is 7.15. The van der Waals surface area contributed by atoms with E-state index < -0.39 is 0 Å². The van der Waals surface area contributed by atoms with Crippen LogP contribution in [0, 0.1) is 6.07 Å². The minimum Gasteiger partial charge on any atom is -0.496 e. The first kappa shape index (κ1) is 7.86. The maximum atomic E-state index is 5.17. The fraction of sp³-hybridized carbons (Fsp3) is 0.100. The van der Waals surface area contributed by atoms with Crippen molar-refractivity contribution in [2.24, 2.45) is 0 Å². The van der Waals surface area contributed by atoms with E-state index in [1.165, 1.54) is 6.26 Å². The Morgan fingerprint density at radius 1 is 1.38 bits per heavy atom. The lowest BCUT2D eigenvalue weighted by Crippen LogP contribution is -1.86. The molecule has 0 aliphatic rings. The Hall–Kier alpha value is -1.77. The normalized spacial score (nSPS) is 9.92. The van der Waals surface area contributed by atoms with Gasteiger partial charge in [-0.05, 0) is 12.1 Å². The van der Waals surface area contributed by atoms with Crippen LogP contribution in [-0.2, 0) is 0 Å². The summed E-state index contributed by atoms with van der Waals surface area (Å²) in [7, 11) is 1.62. The van der Waals surface area contributed by atoms with Gasteiger partial charge in [-0.1, -0.05) is 17.3 Å². The first-order valence-corrected chi connectivity index (χ1v) is 3.87. The predicted octanol–water partition coefficient (Wildman–Crippen LogP) is 2.15. The Morgan fingerprint density at radius 2 is 2.23 bits per heavy atom. The van der Waals surface area contributed by atoms with Gasteiger partial charge in [-0.2, -0.15) is 0 Å². The van der Waals surface area contributed by atoms with E-state index in [0.717, 1.165) is 11.3 Å². The summed E-state index contributed by atoms with van der Waals surface area (Å²) >= 11 is 0. The number of hydrogen-bond acceptors (Lipinski definition) is 3. The number of para-hydroxylation sites is 1. The van der Waals surface area contributed by atoms with Crippen LogP contribution in [0.5, 0.6) is 5.75 Å². The molecule has 1 aromatic carbocycles. The molecule has 3 heteroatoms. The number of hydrogen-bond donors (Lipinski definition) is 0. The molecule has 2 rings (SSSR count). The van der Waals surface area contributed by atoms with Crippen LogP contribution in [0.1, 0.15) is 0 Å². The van der Waals surface area contributed by atoms with Crippen molar-refractivity contribution in [3.8, 4) is 17.0 Å². The van der Waals surface area contributed by atoms with Crippen molar-refractivity contribution >= 4 is 0 Å². The Morgan fingerprint density at radius 3 is 2.92 bits per heavy atom. The van der Waals surface area contributed by atoms with Gasteiger partial charge in [-0.25, -0.2) is 0 Å². The largest absolute Gasteiger partial charge is 0.496 e. The molecule has 0 atom stereocenters. The monoisotopic (exact) mass is 174 g/mol. The second kappa shape index (κ2) is 3.31. The molecule has 1 aromatic heterocycles. The molecule has 65 valence electrons. The summed E-state index contributed by atoms with van der Waals surface area (Å²) in [5.41, 5.74) is 1.55. The zero-order chi connectivity index (χ0) is 9.10. The molecule has 0 saturated carbocycles. The molecule has 1 heterocycles. The quantitative estimate of drug-likeness (QED) is 0.699. The highest BCUT2D eigenvalue weighted by molar-refractivity contribution is 5.65. The Balaban J connectivity index is 2.51. The third-order valence-electron chi connectivity index (χ3n) is 1.75. The summed E-state index contributed by atoms with van der Waals surface area (Å²) in [6.45, 7) is 0. The number of ether oxygens (including phenoxy) is 1. The van der Waals surface area contributed by atoms with Crippen molar-refractivity contribution < 1.29 is 9.26 Å². The summed E-state index contributed by atoms with van der Waals surface area (Å²) in [4.78, 5) is 0. The van der Waals surface area contributed by atoms with Crippen molar-refractivity contribution in [1.29, 1.82) is 0 Å². The maximum absolute atomic E-state index is 5.17. The molecule has 0 saturated heterocycles. The Kier molecular flexibility index (Phi) is 2.00. The van der Waals surface area contributed by atoms with Gasteiger partial charge in [0.15, 0.2) is 0 Å². The van der Waals surface area contributed by atoms with E-state index in [2.05, 4.69) is 11.2 Å². The molecule has 3 nitrogen and oxygen atoms in total. The van der Waals surface area contributed by atoms with Gasteiger partial charge in [-0.15, -0.1) is 0 Å². The fourth-order valence-electron chi connectivity index (χ4n) is 1.15. The smallest absolute Gasteiger partial charge is 0.132 e. The minimum absolute atomic E-state index is 0.664. The first-order chi connectivity index (χ1) is 6.42. The Labute approximate surface area is 75.9 Å². The fourth-order valence-corrected chi connectivity index (χ4v) is 1.15. The number of benzene rings is 1. The van der Waals surface area contributed by atoms with Crippen LogP contribution in [0.15, 0.2) is 35.1 Å². The van der Waals surface area contributed by atoms with Gasteiger partial charge in [0.05, 0.1) is 13.2 Å². The second-order valence-electron chi connectivity index (χ2n) is 2.51. The lowest BCUT2D eigenvalue weighted by Gasteiger charge is -2.03. The standard InChI is InChI=1S/C10H8NO2/c1-12-10-5-3-2-4-8(10)9-6-7-13-11-9/h2-5,7H,1H3. The van der Waals surface area contributed by atoms with Crippen LogP contribution >= 0.6 is 0 Å². The van der Waals surface area contributed by atoms with Gasteiger partial charge < -0.3 is 9.26 Å². The predicted molar refractivity (Wildman–Crippen MR) is 47.3 cm³/mol. The highest BCUT2D eigenvalue weighted by Crippen LogP contribution is 2.27. The SMILES string of the molecule is COc1ccccc1-c1[c]con1. The van der Waals surface area contributed by atoms with Gasteiger partial charge in [-0.3, -0.25) is 0 Å². The molecule has 13 heavy (non-hydrogen) atoms. The van der Waals surface area contributed by atoms with Gasteiger partial charge in [0, 0.05) is 5.56 Å². The van der Waals surface area contributed by atoms with E-state index in [4.69, 9.17) is 9.26 Å². The van der Waals surface area contributed by atoms with Crippen LogP contribution in [0.4, 0.5) is 0 Å². The lowest BCUT2D eigenvalue weighted by molar-refractivity contribution is 0.411. The summed E-state index contributed by atoms with van der Waals surface area (Å²) in [6.07, 6.45) is 1.42. The highest BCUT2D eigenvalue weighted by atomic mass is 16.5. The molecule has 0 amide bonds. The molecule has 0 aliphatic heterocycles. The van der Waals surface area contributed by atoms with Crippen molar-refractivity contribution in [1.82, 2.24) is 5.16 Å². The topological polar surface area (TPSA) is 35.3 Å². The average molecular weight is 174 g/mol. The summed E-state index contributed by atoms with van der Waals surface area (Å²) in [5.74, 6) is 0.771. The second-order valence-corrected chi connectivity index (χ2v) is 2.51. The number of aromatic nitrogens is 1. The molecular formula is C10H8NO2. The third kappa shape index (κ3) is 1.40. The average Bonchev–Trinajstić information content (AvgIpc) is 2.70. The molecule has 0 aliphatic carbocycles. The van der Waals surface area contributed by atoms with E-state index in [-0.39, 0.29) is 0 Å².